The van der Waals surface area contributed by atoms with Crippen LogP contribution in [0.15, 0.2) is 79.6 Å². The molecule has 1 heterocycles. The largest absolute Gasteiger partial charge is 0.493 e. The van der Waals surface area contributed by atoms with E-state index in [0.29, 0.717) is 52.9 Å². The molecule has 4 aromatic rings. The zero-order valence-electron chi connectivity index (χ0n) is 23.1. The summed E-state index contributed by atoms with van der Waals surface area (Å²) in [5.74, 6) is 1.99. The van der Waals surface area contributed by atoms with Gasteiger partial charge >= 0.3 is 0 Å². The van der Waals surface area contributed by atoms with Crippen LogP contribution in [0.5, 0.6) is 17.2 Å². The van der Waals surface area contributed by atoms with Gasteiger partial charge in [-0.05, 0) is 63.3 Å². The summed E-state index contributed by atoms with van der Waals surface area (Å²) in [6.45, 7) is 5.49. The third-order valence-electron chi connectivity index (χ3n) is 6.10. The number of aromatic nitrogens is 2. The van der Waals surface area contributed by atoms with Crippen molar-refractivity contribution in [1.82, 2.24) is 14.9 Å². The van der Waals surface area contributed by atoms with E-state index in [1.165, 1.54) is 12.4 Å². The van der Waals surface area contributed by atoms with Crippen molar-refractivity contribution >= 4 is 34.0 Å². The number of ether oxygens (including phenoxy) is 3. The first-order chi connectivity index (χ1) is 19.5. The number of fused-ring (bicyclic) bond motifs is 1. The van der Waals surface area contributed by atoms with Gasteiger partial charge in [-0.2, -0.15) is 0 Å². The number of carbonyl (C=O) groups is 1. The molecule has 9 heteroatoms. The molecule has 0 saturated carbocycles. The Labute approximate surface area is 234 Å². The highest BCUT2D eigenvalue weighted by molar-refractivity contribution is 6.03. The van der Waals surface area contributed by atoms with Crippen LogP contribution in [0.3, 0.4) is 0 Å². The molecule has 0 atom stereocenters. The summed E-state index contributed by atoms with van der Waals surface area (Å²) in [4.78, 5) is 23.2. The zero-order chi connectivity index (χ0) is 28.3. The summed E-state index contributed by atoms with van der Waals surface area (Å²) in [6.07, 6.45) is 4.60. The summed E-state index contributed by atoms with van der Waals surface area (Å²) in [7, 11) is 5.69. The summed E-state index contributed by atoms with van der Waals surface area (Å²) in [6, 6.07) is 19.2. The van der Waals surface area contributed by atoms with E-state index < -0.39 is 0 Å². The maximum Gasteiger partial charge on any atom is 0.247 e. The second-order valence-corrected chi connectivity index (χ2v) is 9.40. The first kappa shape index (κ1) is 28.4. The van der Waals surface area contributed by atoms with E-state index in [-0.39, 0.29) is 5.91 Å². The summed E-state index contributed by atoms with van der Waals surface area (Å²) in [5.41, 5.74) is 3.01. The molecular weight excluding hydrogens is 506 g/mol. The van der Waals surface area contributed by atoms with Crippen LogP contribution in [0.25, 0.3) is 10.9 Å². The molecule has 0 aliphatic rings. The lowest BCUT2D eigenvalue weighted by atomic mass is 10.1. The maximum absolute atomic E-state index is 12.2. The number of amides is 1. The van der Waals surface area contributed by atoms with Gasteiger partial charge in [0.25, 0.3) is 0 Å². The van der Waals surface area contributed by atoms with Crippen molar-refractivity contribution in [3.63, 3.8) is 0 Å². The molecule has 0 unspecified atom stereocenters. The van der Waals surface area contributed by atoms with Crippen LogP contribution < -0.4 is 24.8 Å². The van der Waals surface area contributed by atoms with Crippen molar-refractivity contribution < 1.29 is 19.0 Å². The predicted octanol–water partition coefficient (Wildman–Crippen LogP) is 5.81. The smallest absolute Gasteiger partial charge is 0.247 e. The Morgan fingerprint density at radius 1 is 0.975 bits per heavy atom. The SMILES string of the molecule is C=CC(=O)Nc1cc2c(Nc3ccc(OCc4ccccc4)c(OC)c3)ncnc2cc1OCCCCN(C)C. The van der Waals surface area contributed by atoms with Gasteiger partial charge < -0.3 is 29.7 Å². The van der Waals surface area contributed by atoms with Crippen LogP contribution in [0.4, 0.5) is 17.2 Å². The third-order valence-corrected chi connectivity index (χ3v) is 6.10. The molecule has 2 N–H and O–H groups in total. The number of nitrogens with zero attached hydrogens (tertiary/aromatic N) is 3. The average molecular weight is 542 g/mol. The first-order valence-corrected chi connectivity index (χ1v) is 13.1. The molecule has 0 radical (unpaired) electrons. The molecule has 40 heavy (non-hydrogen) atoms. The number of carbonyl (C=O) groups excluding carboxylic acids is 1. The van der Waals surface area contributed by atoms with Gasteiger partial charge in [0.1, 0.15) is 24.5 Å². The highest BCUT2D eigenvalue weighted by Crippen LogP contribution is 2.36. The van der Waals surface area contributed by atoms with Crippen molar-refractivity contribution in [3.8, 4) is 17.2 Å². The van der Waals surface area contributed by atoms with Crippen molar-refractivity contribution in [2.45, 2.75) is 19.4 Å². The average Bonchev–Trinajstić information content (AvgIpc) is 2.97. The van der Waals surface area contributed by atoms with Gasteiger partial charge in [0, 0.05) is 23.2 Å². The molecule has 0 bridgehead atoms. The highest BCUT2D eigenvalue weighted by Gasteiger charge is 2.14. The van der Waals surface area contributed by atoms with Crippen molar-refractivity contribution in [2.75, 3.05) is 45.0 Å². The molecule has 0 fully saturated rings. The van der Waals surface area contributed by atoms with E-state index in [1.807, 2.05) is 74.8 Å². The molecule has 0 saturated heterocycles. The fourth-order valence-corrected chi connectivity index (χ4v) is 4.03. The Morgan fingerprint density at radius 2 is 1.80 bits per heavy atom. The summed E-state index contributed by atoms with van der Waals surface area (Å²) < 4.78 is 17.6. The topological polar surface area (TPSA) is 97.8 Å². The Bertz CT molecular complexity index is 1440. The number of hydrogen-bond acceptors (Lipinski definition) is 8. The molecule has 0 spiro atoms. The van der Waals surface area contributed by atoms with Crippen molar-refractivity contribution in [2.24, 2.45) is 0 Å². The number of anilines is 3. The molecule has 9 nitrogen and oxygen atoms in total. The lowest BCUT2D eigenvalue weighted by Crippen LogP contribution is -2.14. The van der Waals surface area contributed by atoms with E-state index in [4.69, 9.17) is 14.2 Å². The molecule has 208 valence electrons. The Morgan fingerprint density at radius 3 is 2.55 bits per heavy atom. The minimum atomic E-state index is -0.334. The standard InChI is InChI=1S/C31H35N5O4/c1-5-30(37)35-26-18-24-25(19-28(26)39-16-10-9-15-36(2)3)32-21-33-31(24)34-23-13-14-27(29(17-23)38-4)40-20-22-11-7-6-8-12-22/h5-8,11-14,17-19,21H,1,9-10,15-16,20H2,2-4H3,(H,35,37)(H,32,33,34). The highest BCUT2D eigenvalue weighted by atomic mass is 16.5. The molecule has 1 aromatic heterocycles. The van der Waals surface area contributed by atoms with Crippen molar-refractivity contribution in [3.05, 3.63) is 85.2 Å². The van der Waals surface area contributed by atoms with Crippen LogP contribution in [-0.2, 0) is 11.4 Å². The number of methoxy groups -OCH3 is 1. The number of nitrogens with one attached hydrogen (secondary N) is 2. The third kappa shape index (κ3) is 7.70. The lowest BCUT2D eigenvalue weighted by Gasteiger charge is -2.16. The Hall–Kier alpha value is -4.63. The van der Waals surface area contributed by atoms with Crippen LogP contribution in [0.2, 0.25) is 0 Å². The quantitative estimate of drug-likeness (QED) is 0.153. The fourth-order valence-electron chi connectivity index (χ4n) is 4.03. The van der Waals surface area contributed by atoms with Gasteiger partial charge in [0.2, 0.25) is 5.91 Å². The summed E-state index contributed by atoms with van der Waals surface area (Å²) >= 11 is 0. The van der Waals surface area contributed by atoms with Gasteiger partial charge in [0.05, 0.1) is 24.9 Å². The second-order valence-electron chi connectivity index (χ2n) is 9.40. The van der Waals surface area contributed by atoms with E-state index in [1.54, 1.807) is 7.11 Å². The monoisotopic (exact) mass is 541 g/mol. The van der Waals surface area contributed by atoms with E-state index in [9.17, 15) is 4.79 Å². The molecule has 0 aliphatic heterocycles. The number of rotatable bonds is 14. The number of unbranched alkanes of at least 4 members (excludes halogenated alkanes) is 1. The first-order valence-electron chi connectivity index (χ1n) is 13.1. The van der Waals surface area contributed by atoms with Crippen LogP contribution >= 0.6 is 0 Å². The fraction of sp³-hybridized carbons (Fsp3) is 0.258. The zero-order valence-corrected chi connectivity index (χ0v) is 23.1. The van der Waals surface area contributed by atoms with Gasteiger partial charge in [-0.15, -0.1) is 0 Å². The normalized spacial score (nSPS) is 10.8. The van der Waals surface area contributed by atoms with Gasteiger partial charge in [0.15, 0.2) is 11.5 Å². The Balaban J connectivity index is 1.56. The van der Waals surface area contributed by atoms with E-state index >= 15 is 0 Å². The minimum absolute atomic E-state index is 0.334. The molecule has 3 aromatic carbocycles. The predicted molar refractivity (Wildman–Crippen MR) is 159 cm³/mol. The maximum atomic E-state index is 12.2. The minimum Gasteiger partial charge on any atom is -0.493 e. The number of hydrogen-bond donors (Lipinski definition) is 2. The lowest BCUT2D eigenvalue weighted by molar-refractivity contribution is -0.111. The van der Waals surface area contributed by atoms with Crippen LogP contribution in [-0.4, -0.2) is 55.1 Å². The van der Waals surface area contributed by atoms with E-state index in [2.05, 4.69) is 32.1 Å². The molecule has 1 amide bonds. The van der Waals surface area contributed by atoms with Crippen LogP contribution in [0, 0.1) is 0 Å². The van der Waals surface area contributed by atoms with Gasteiger partial charge in [-0.3, -0.25) is 4.79 Å². The van der Waals surface area contributed by atoms with Crippen molar-refractivity contribution in [1.29, 1.82) is 0 Å². The summed E-state index contributed by atoms with van der Waals surface area (Å²) in [5, 5.41) is 6.90. The molecule has 4 rings (SSSR count). The Kier molecular flexibility index (Phi) is 9.90. The molecular formula is C31H35N5O4. The number of benzene rings is 3. The van der Waals surface area contributed by atoms with Gasteiger partial charge in [-0.1, -0.05) is 36.9 Å². The second kappa shape index (κ2) is 14.0. The molecule has 0 aliphatic carbocycles. The van der Waals surface area contributed by atoms with Gasteiger partial charge in [-0.25, -0.2) is 9.97 Å². The van der Waals surface area contributed by atoms with E-state index in [0.717, 1.165) is 30.6 Å². The van der Waals surface area contributed by atoms with Crippen LogP contribution in [0.1, 0.15) is 18.4 Å².